The lowest BCUT2D eigenvalue weighted by molar-refractivity contribution is -0.120. The van der Waals surface area contributed by atoms with Crippen molar-refractivity contribution in [3.05, 3.63) is 0 Å². The molecule has 104 valence electrons. The summed E-state index contributed by atoms with van der Waals surface area (Å²) < 4.78 is 0. The number of nitrogens with zero attached hydrogens (tertiary/aromatic N) is 1. The van der Waals surface area contributed by atoms with E-state index >= 15 is 0 Å². The fraction of sp³-hybridized carbons (Fsp3) is 0.929. The van der Waals surface area contributed by atoms with Crippen LogP contribution in [-0.2, 0) is 4.79 Å². The zero-order valence-corrected chi connectivity index (χ0v) is 11.8. The standard InChI is InChI=1S/C14H27N3O/c1-14(5-7-17(2)8-6-14)11-15-10-13(18)16-9-12-3-4-12/h12,15H,3-11H2,1-2H3,(H,16,18). The fourth-order valence-corrected chi connectivity index (χ4v) is 2.46. The van der Waals surface area contributed by atoms with E-state index in [9.17, 15) is 4.79 Å². The summed E-state index contributed by atoms with van der Waals surface area (Å²) in [5.41, 5.74) is 0.364. The molecule has 1 aliphatic carbocycles. The molecule has 0 spiro atoms. The summed E-state index contributed by atoms with van der Waals surface area (Å²) >= 11 is 0. The normalized spacial score (nSPS) is 23.9. The molecule has 2 N–H and O–H groups in total. The molecule has 1 aliphatic heterocycles. The lowest BCUT2D eigenvalue weighted by Crippen LogP contribution is -2.44. The van der Waals surface area contributed by atoms with Gasteiger partial charge >= 0.3 is 0 Å². The number of rotatable bonds is 6. The van der Waals surface area contributed by atoms with Crippen molar-refractivity contribution in [3.8, 4) is 0 Å². The van der Waals surface area contributed by atoms with Crippen molar-refractivity contribution in [1.82, 2.24) is 15.5 Å². The van der Waals surface area contributed by atoms with Gasteiger partial charge in [0.15, 0.2) is 0 Å². The molecule has 4 nitrogen and oxygen atoms in total. The Kier molecular flexibility index (Phi) is 4.62. The number of nitrogens with one attached hydrogen (secondary N) is 2. The molecule has 0 aromatic rings. The molecule has 0 unspecified atom stereocenters. The van der Waals surface area contributed by atoms with E-state index in [1.807, 2.05) is 0 Å². The molecule has 0 atom stereocenters. The van der Waals surface area contributed by atoms with Gasteiger partial charge in [-0.15, -0.1) is 0 Å². The minimum atomic E-state index is 0.151. The maximum absolute atomic E-state index is 11.6. The summed E-state index contributed by atoms with van der Waals surface area (Å²) in [4.78, 5) is 14.0. The zero-order chi connectivity index (χ0) is 13.0. The van der Waals surface area contributed by atoms with Gasteiger partial charge in [0.05, 0.1) is 6.54 Å². The third kappa shape index (κ3) is 4.58. The van der Waals surface area contributed by atoms with E-state index < -0.39 is 0 Å². The molecule has 1 saturated carbocycles. The van der Waals surface area contributed by atoms with Crippen molar-refractivity contribution in [2.45, 2.75) is 32.6 Å². The van der Waals surface area contributed by atoms with E-state index in [2.05, 4.69) is 29.5 Å². The van der Waals surface area contributed by atoms with Crippen LogP contribution >= 0.6 is 0 Å². The van der Waals surface area contributed by atoms with Gasteiger partial charge in [0.25, 0.3) is 0 Å². The summed E-state index contributed by atoms with van der Waals surface area (Å²) in [5, 5.41) is 6.32. The molecule has 2 aliphatic rings. The quantitative estimate of drug-likeness (QED) is 0.737. The minimum absolute atomic E-state index is 0.151. The van der Waals surface area contributed by atoms with Crippen LogP contribution in [0.4, 0.5) is 0 Å². The molecular weight excluding hydrogens is 226 g/mol. The first-order valence-corrected chi connectivity index (χ1v) is 7.23. The average molecular weight is 253 g/mol. The van der Waals surface area contributed by atoms with Crippen molar-refractivity contribution >= 4 is 5.91 Å². The number of hydrogen-bond acceptors (Lipinski definition) is 3. The van der Waals surface area contributed by atoms with Crippen molar-refractivity contribution in [2.24, 2.45) is 11.3 Å². The van der Waals surface area contributed by atoms with Crippen LogP contribution in [0.5, 0.6) is 0 Å². The number of piperidine rings is 1. The first-order chi connectivity index (χ1) is 8.57. The van der Waals surface area contributed by atoms with E-state index in [4.69, 9.17) is 0 Å². The lowest BCUT2D eigenvalue weighted by Gasteiger charge is -2.38. The SMILES string of the molecule is CN1CCC(C)(CNCC(=O)NCC2CC2)CC1. The topological polar surface area (TPSA) is 44.4 Å². The van der Waals surface area contributed by atoms with Crippen LogP contribution in [0.3, 0.4) is 0 Å². The third-order valence-corrected chi connectivity index (χ3v) is 4.32. The monoisotopic (exact) mass is 253 g/mol. The smallest absolute Gasteiger partial charge is 0.233 e. The van der Waals surface area contributed by atoms with E-state index in [1.54, 1.807) is 0 Å². The van der Waals surface area contributed by atoms with Crippen LogP contribution in [0.1, 0.15) is 32.6 Å². The number of likely N-dealkylation sites (tertiary alicyclic amines) is 1. The number of carbonyl (C=O) groups excluding carboxylic acids is 1. The summed E-state index contributed by atoms with van der Waals surface area (Å²) in [6.45, 7) is 6.98. The lowest BCUT2D eigenvalue weighted by atomic mass is 9.80. The van der Waals surface area contributed by atoms with Crippen molar-refractivity contribution in [2.75, 3.05) is 39.8 Å². The molecule has 18 heavy (non-hydrogen) atoms. The molecular formula is C14H27N3O. The highest BCUT2D eigenvalue weighted by Crippen LogP contribution is 2.29. The molecule has 0 aromatic heterocycles. The molecule has 1 amide bonds. The van der Waals surface area contributed by atoms with E-state index in [-0.39, 0.29) is 5.91 Å². The number of hydrogen-bond donors (Lipinski definition) is 2. The first-order valence-electron chi connectivity index (χ1n) is 7.23. The molecule has 4 heteroatoms. The van der Waals surface area contributed by atoms with Crippen LogP contribution in [0, 0.1) is 11.3 Å². The summed E-state index contributed by atoms with van der Waals surface area (Å²) in [6, 6.07) is 0. The Morgan fingerprint density at radius 3 is 2.61 bits per heavy atom. The Morgan fingerprint density at radius 2 is 2.00 bits per heavy atom. The second-order valence-corrected chi connectivity index (χ2v) is 6.46. The molecule has 0 aromatic carbocycles. The Labute approximate surface area is 110 Å². The van der Waals surface area contributed by atoms with E-state index in [1.165, 1.54) is 38.8 Å². The van der Waals surface area contributed by atoms with Crippen LogP contribution in [-0.4, -0.2) is 50.6 Å². The van der Waals surface area contributed by atoms with Gasteiger partial charge in [-0.25, -0.2) is 0 Å². The van der Waals surface area contributed by atoms with Gasteiger partial charge in [0.1, 0.15) is 0 Å². The van der Waals surface area contributed by atoms with Gasteiger partial charge in [0.2, 0.25) is 5.91 Å². The predicted molar refractivity (Wildman–Crippen MR) is 73.4 cm³/mol. The number of carbonyl (C=O) groups is 1. The van der Waals surface area contributed by atoms with Gasteiger partial charge < -0.3 is 15.5 Å². The Bertz CT molecular complexity index is 281. The molecule has 2 rings (SSSR count). The maximum atomic E-state index is 11.6. The highest BCUT2D eigenvalue weighted by Gasteiger charge is 2.28. The largest absolute Gasteiger partial charge is 0.355 e. The second kappa shape index (κ2) is 6.02. The van der Waals surface area contributed by atoms with Crippen molar-refractivity contribution in [3.63, 3.8) is 0 Å². The van der Waals surface area contributed by atoms with Gasteiger partial charge in [-0.3, -0.25) is 4.79 Å². The fourth-order valence-electron chi connectivity index (χ4n) is 2.46. The molecule has 0 bridgehead atoms. The first kappa shape index (κ1) is 13.8. The third-order valence-electron chi connectivity index (χ3n) is 4.32. The Balaban J connectivity index is 1.57. The second-order valence-electron chi connectivity index (χ2n) is 6.46. The predicted octanol–water partition coefficient (Wildman–Crippen LogP) is 0.834. The highest BCUT2D eigenvalue weighted by atomic mass is 16.1. The Hall–Kier alpha value is -0.610. The summed E-state index contributed by atoms with van der Waals surface area (Å²) in [7, 11) is 2.18. The van der Waals surface area contributed by atoms with E-state index in [0.717, 1.165) is 19.0 Å². The van der Waals surface area contributed by atoms with Crippen LogP contribution in [0.25, 0.3) is 0 Å². The maximum Gasteiger partial charge on any atom is 0.233 e. The molecule has 1 heterocycles. The van der Waals surface area contributed by atoms with Crippen molar-refractivity contribution in [1.29, 1.82) is 0 Å². The van der Waals surface area contributed by atoms with Crippen LogP contribution in [0.2, 0.25) is 0 Å². The average Bonchev–Trinajstić information content (AvgIpc) is 3.15. The summed E-state index contributed by atoms with van der Waals surface area (Å²) in [6.07, 6.45) is 5.03. The number of amides is 1. The molecule has 2 fully saturated rings. The van der Waals surface area contributed by atoms with Gasteiger partial charge in [-0.05, 0) is 57.2 Å². The molecule has 0 radical (unpaired) electrons. The molecule has 1 saturated heterocycles. The highest BCUT2D eigenvalue weighted by molar-refractivity contribution is 5.77. The Morgan fingerprint density at radius 1 is 1.33 bits per heavy atom. The van der Waals surface area contributed by atoms with Crippen LogP contribution in [0.15, 0.2) is 0 Å². The van der Waals surface area contributed by atoms with Gasteiger partial charge in [-0.1, -0.05) is 6.92 Å². The summed E-state index contributed by atoms with van der Waals surface area (Å²) in [5.74, 6) is 0.916. The van der Waals surface area contributed by atoms with Gasteiger partial charge in [-0.2, -0.15) is 0 Å². The minimum Gasteiger partial charge on any atom is -0.355 e. The van der Waals surface area contributed by atoms with E-state index in [0.29, 0.717) is 12.0 Å². The van der Waals surface area contributed by atoms with Crippen LogP contribution < -0.4 is 10.6 Å². The van der Waals surface area contributed by atoms with Gasteiger partial charge in [0, 0.05) is 13.1 Å². The zero-order valence-electron chi connectivity index (χ0n) is 11.8. The van der Waals surface area contributed by atoms with Crippen molar-refractivity contribution < 1.29 is 4.79 Å².